The maximum absolute atomic E-state index is 13.0. The average Bonchev–Trinajstić information content (AvgIpc) is 2.87. The van der Waals surface area contributed by atoms with Crippen LogP contribution in [-0.4, -0.2) is 11.4 Å². The summed E-state index contributed by atoms with van der Waals surface area (Å²) in [4.78, 5) is 7.57. The molecule has 0 spiro atoms. The third kappa shape index (κ3) is 5.34. The molecule has 0 saturated heterocycles. The zero-order valence-electron chi connectivity index (χ0n) is 18.8. The van der Waals surface area contributed by atoms with Gasteiger partial charge in [0.1, 0.15) is 22.9 Å². The van der Waals surface area contributed by atoms with Gasteiger partial charge in [-0.05, 0) is 48.5 Å². The molecule has 3 aromatic rings. The van der Waals surface area contributed by atoms with E-state index in [-0.39, 0.29) is 34.4 Å². The minimum absolute atomic E-state index is 0.0956. The van der Waals surface area contributed by atoms with E-state index in [0.717, 1.165) is 48.5 Å². The normalized spacial score (nSPS) is 15.6. The van der Waals surface area contributed by atoms with E-state index in [1.54, 1.807) is 36.7 Å². The Morgan fingerprint density at radius 3 is 1.18 bits per heavy atom. The standard InChI is InChI=1S/C26H12F6N4O2/c27-25(28,29)15-5-9-17(10-6-15)37-23-21(35-13-33)19-3-1-2-4-20(19)22(36-14-34)24(23)38-18-11-7-16(8-12-18)26(30,31)32/h1-12H. The molecule has 4 rings (SSSR count). The molecule has 3 aromatic carbocycles. The highest BCUT2D eigenvalue weighted by Gasteiger charge is 2.35. The van der Waals surface area contributed by atoms with E-state index < -0.39 is 23.5 Å². The van der Waals surface area contributed by atoms with E-state index in [2.05, 4.69) is 9.98 Å². The molecule has 0 radical (unpaired) electrons. The predicted molar refractivity (Wildman–Crippen MR) is 122 cm³/mol. The summed E-state index contributed by atoms with van der Waals surface area (Å²) >= 11 is 0. The van der Waals surface area contributed by atoms with Crippen molar-refractivity contribution in [2.24, 2.45) is 9.98 Å². The Bertz CT molecular complexity index is 1420. The summed E-state index contributed by atoms with van der Waals surface area (Å²) in [6.45, 7) is 0. The fourth-order valence-corrected chi connectivity index (χ4v) is 3.53. The number of hydrogen-bond acceptors (Lipinski definition) is 6. The molecule has 0 aromatic heterocycles. The first kappa shape index (κ1) is 26.0. The van der Waals surface area contributed by atoms with Crippen molar-refractivity contribution in [2.45, 2.75) is 12.4 Å². The number of ether oxygens (including phenoxy) is 2. The molecule has 6 nitrogen and oxygen atoms in total. The predicted octanol–water partition coefficient (Wildman–Crippen LogP) is 6.65. The third-order valence-electron chi connectivity index (χ3n) is 5.20. The van der Waals surface area contributed by atoms with Crippen molar-refractivity contribution in [1.29, 1.82) is 10.5 Å². The molecular weight excluding hydrogens is 514 g/mol. The van der Waals surface area contributed by atoms with E-state index in [1.165, 1.54) is 0 Å². The first-order valence-corrected chi connectivity index (χ1v) is 10.5. The van der Waals surface area contributed by atoms with Gasteiger partial charge in [-0.2, -0.15) is 46.9 Å². The number of aliphatic imine (C=N–C) groups is 2. The first-order valence-electron chi connectivity index (χ1n) is 10.5. The minimum atomic E-state index is -4.60. The summed E-state index contributed by atoms with van der Waals surface area (Å²) in [5.74, 6) is -0.802. The molecule has 0 atom stereocenters. The van der Waals surface area contributed by atoms with Crippen LogP contribution in [0, 0.1) is 22.9 Å². The Morgan fingerprint density at radius 2 is 0.895 bits per heavy atom. The Morgan fingerprint density at radius 1 is 0.553 bits per heavy atom. The number of alkyl halides is 6. The lowest BCUT2D eigenvalue weighted by molar-refractivity contribution is -0.138. The van der Waals surface area contributed by atoms with Gasteiger partial charge in [-0.1, -0.05) is 24.3 Å². The van der Waals surface area contributed by atoms with E-state index in [1.807, 2.05) is 0 Å². The number of hydrogen-bond donors (Lipinski definition) is 0. The van der Waals surface area contributed by atoms with Crippen LogP contribution in [0.4, 0.5) is 26.3 Å². The van der Waals surface area contributed by atoms with Gasteiger partial charge in [0.25, 0.3) is 0 Å². The van der Waals surface area contributed by atoms with Crippen LogP contribution in [0.1, 0.15) is 22.3 Å². The Labute approximate surface area is 211 Å². The lowest BCUT2D eigenvalue weighted by Crippen LogP contribution is -2.29. The van der Waals surface area contributed by atoms with Gasteiger partial charge in [0.15, 0.2) is 11.5 Å². The highest BCUT2D eigenvalue weighted by molar-refractivity contribution is 6.29. The second-order valence-electron chi connectivity index (χ2n) is 7.57. The molecule has 12 heteroatoms. The molecule has 0 saturated carbocycles. The molecule has 0 fully saturated rings. The summed E-state index contributed by atoms with van der Waals surface area (Å²) in [7, 11) is 0. The molecule has 0 aliphatic heterocycles. The molecule has 1 aliphatic rings. The van der Waals surface area contributed by atoms with E-state index in [0.29, 0.717) is 11.1 Å². The summed E-state index contributed by atoms with van der Waals surface area (Å²) in [6.07, 6.45) is -5.96. The summed E-state index contributed by atoms with van der Waals surface area (Å²) in [5, 5.41) is 18.7. The number of rotatable bonds is 4. The molecule has 0 heterocycles. The van der Waals surface area contributed by atoms with Gasteiger partial charge in [-0.15, -0.1) is 0 Å². The SMILES string of the molecule is N#CN=C1C(Oc2ccc(C(F)(F)F)cc2)=C(Oc2ccc(C(F)(F)F)cc2)C(=NC#N)c2ccccc21. The van der Waals surface area contributed by atoms with Gasteiger partial charge >= 0.3 is 12.4 Å². The van der Waals surface area contributed by atoms with E-state index in [9.17, 15) is 36.9 Å². The fourth-order valence-electron chi connectivity index (χ4n) is 3.53. The van der Waals surface area contributed by atoms with Crippen LogP contribution in [-0.2, 0) is 12.4 Å². The number of nitrogens with zero attached hydrogens (tertiary/aromatic N) is 4. The number of nitriles is 2. The molecule has 38 heavy (non-hydrogen) atoms. The van der Waals surface area contributed by atoms with Crippen LogP contribution < -0.4 is 9.47 Å². The van der Waals surface area contributed by atoms with E-state index in [4.69, 9.17) is 9.47 Å². The largest absolute Gasteiger partial charge is 0.451 e. The van der Waals surface area contributed by atoms with Gasteiger partial charge in [0.05, 0.1) is 11.1 Å². The Kier molecular flexibility index (Phi) is 6.91. The van der Waals surface area contributed by atoms with Gasteiger partial charge < -0.3 is 9.47 Å². The number of fused-ring (bicyclic) bond motifs is 1. The second-order valence-corrected chi connectivity index (χ2v) is 7.57. The van der Waals surface area contributed by atoms with Crippen LogP contribution in [0.2, 0.25) is 0 Å². The van der Waals surface area contributed by atoms with Crippen LogP contribution >= 0.6 is 0 Å². The van der Waals surface area contributed by atoms with Crippen molar-refractivity contribution in [1.82, 2.24) is 0 Å². The van der Waals surface area contributed by atoms with Crippen molar-refractivity contribution in [2.75, 3.05) is 0 Å². The lowest BCUT2D eigenvalue weighted by Gasteiger charge is -2.25. The van der Waals surface area contributed by atoms with Crippen molar-refractivity contribution >= 4 is 11.4 Å². The highest BCUT2D eigenvalue weighted by Crippen LogP contribution is 2.35. The van der Waals surface area contributed by atoms with Crippen molar-refractivity contribution < 1.29 is 35.8 Å². The van der Waals surface area contributed by atoms with Gasteiger partial charge in [-0.3, -0.25) is 0 Å². The Hall–Kier alpha value is -5.10. The van der Waals surface area contributed by atoms with Gasteiger partial charge in [0.2, 0.25) is 12.4 Å². The maximum atomic E-state index is 13.0. The van der Waals surface area contributed by atoms with Crippen molar-refractivity contribution in [3.63, 3.8) is 0 Å². The minimum Gasteiger partial charge on any atom is -0.451 e. The molecular formula is C26H12F6N4O2. The topological polar surface area (TPSA) is 90.8 Å². The second kappa shape index (κ2) is 10.1. The third-order valence-corrected chi connectivity index (χ3v) is 5.20. The zero-order valence-corrected chi connectivity index (χ0v) is 18.8. The van der Waals surface area contributed by atoms with Crippen LogP contribution in [0.3, 0.4) is 0 Å². The maximum Gasteiger partial charge on any atom is 0.416 e. The van der Waals surface area contributed by atoms with E-state index >= 15 is 0 Å². The molecule has 0 N–H and O–H groups in total. The average molecular weight is 526 g/mol. The first-order chi connectivity index (χ1) is 18.0. The van der Waals surface area contributed by atoms with Crippen molar-refractivity contribution in [3.8, 4) is 23.9 Å². The van der Waals surface area contributed by atoms with Crippen LogP contribution in [0.25, 0.3) is 0 Å². The molecule has 1 aliphatic carbocycles. The molecule has 0 amide bonds. The van der Waals surface area contributed by atoms with Crippen LogP contribution in [0.15, 0.2) is 94.3 Å². The number of halogens is 6. The summed E-state index contributed by atoms with van der Waals surface area (Å²) < 4.78 is 89.7. The van der Waals surface area contributed by atoms with Gasteiger partial charge in [-0.25, -0.2) is 0 Å². The number of allylic oxidation sites excluding steroid dienone is 2. The highest BCUT2D eigenvalue weighted by atomic mass is 19.4. The molecule has 0 unspecified atom stereocenters. The number of benzene rings is 3. The van der Waals surface area contributed by atoms with Crippen molar-refractivity contribution in [3.05, 3.63) is 107 Å². The monoisotopic (exact) mass is 526 g/mol. The smallest absolute Gasteiger partial charge is 0.416 e. The fraction of sp³-hybridized carbons (Fsp3) is 0.0769. The summed E-state index contributed by atoms with van der Waals surface area (Å²) in [6, 6.07) is 13.5. The Balaban J connectivity index is 1.89. The summed E-state index contributed by atoms with van der Waals surface area (Å²) in [5.41, 5.74) is -1.48. The zero-order chi connectivity index (χ0) is 27.5. The van der Waals surface area contributed by atoms with Crippen LogP contribution in [0.5, 0.6) is 11.5 Å². The molecule has 0 bridgehead atoms. The quantitative estimate of drug-likeness (QED) is 0.281. The lowest BCUT2D eigenvalue weighted by atomic mass is 9.90. The van der Waals surface area contributed by atoms with Gasteiger partial charge in [0, 0.05) is 11.1 Å². The molecule has 190 valence electrons.